The number of carbonyl (C=O) groups is 2. The second-order valence-corrected chi connectivity index (χ2v) is 4.51. The van der Waals surface area contributed by atoms with Crippen molar-refractivity contribution in [1.82, 2.24) is 5.32 Å². The lowest BCUT2D eigenvalue weighted by Crippen LogP contribution is -2.34. The number of urea groups is 1. The van der Waals surface area contributed by atoms with E-state index in [1.807, 2.05) is 6.07 Å². The molecular weight excluding hydrogens is 298 g/mol. The number of para-hydroxylation sites is 2. The molecule has 120 valence electrons. The van der Waals surface area contributed by atoms with Gasteiger partial charge in [0.1, 0.15) is 6.61 Å². The minimum absolute atomic E-state index is 0.0645. The summed E-state index contributed by atoms with van der Waals surface area (Å²) < 4.78 is 4.85. The third-order valence-electron chi connectivity index (χ3n) is 2.82. The molecule has 2 aromatic carbocycles. The predicted octanol–water partition coefficient (Wildman–Crippen LogP) is 2.84. The largest absolute Gasteiger partial charge is 0.446 e. The van der Waals surface area contributed by atoms with E-state index in [4.69, 9.17) is 4.74 Å². The summed E-state index contributed by atoms with van der Waals surface area (Å²) in [5.41, 5.74) is 0.958. The van der Waals surface area contributed by atoms with Crippen LogP contribution in [0, 0.1) is 0 Å². The van der Waals surface area contributed by atoms with E-state index < -0.39 is 12.1 Å². The van der Waals surface area contributed by atoms with Gasteiger partial charge >= 0.3 is 12.1 Å². The van der Waals surface area contributed by atoms with Crippen LogP contribution in [0.1, 0.15) is 0 Å². The lowest BCUT2D eigenvalue weighted by molar-refractivity contribution is 0.121. The van der Waals surface area contributed by atoms with E-state index in [-0.39, 0.29) is 13.2 Å². The van der Waals surface area contributed by atoms with Gasteiger partial charge in [-0.05, 0) is 24.3 Å². The molecule has 7 heteroatoms. The molecular formula is C16H17N3O4. The van der Waals surface area contributed by atoms with E-state index in [0.29, 0.717) is 16.4 Å². The Hall–Kier alpha value is -3.06. The van der Waals surface area contributed by atoms with Gasteiger partial charge in [-0.1, -0.05) is 36.4 Å². The van der Waals surface area contributed by atoms with E-state index in [0.717, 1.165) is 0 Å². The fourth-order valence-corrected chi connectivity index (χ4v) is 1.74. The summed E-state index contributed by atoms with van der Waals surface area (Å²) in [6.07, 6.45) is -0.915. The van der Waals surface area contributed by atoms with Gasteiger partial charge in [0.05, 0.1) is 12.2 Å². The van der Waals surface area contributed by atoms with Gasteiger partial charge in [0.15, 0.2) is 0 Å². The molecule has 0 saturated heterocycles. The summed E-state index contributed by atoms with van der Waals surface area (Å²) in [4.78, 5) is 23.2. The zero-order valence-electron chi connectivity index (χ0n) is 12.3. The third-order valence-corrected chi connectivity index (χ3v) is 2.82. The van der Waals surface area contributed by atoms with Crippen LogP contribution in [0.4, 0.5) is 21.0 Å². The van der Waals surface area contributed by atoms with Crippen molar-refractivity contribution in [3.8, 4) is 0 Å². The molecule has 2 rings (SSSR count). The maximum atomic E-state index is 11.6. The number of hydroxylamine groups is 1. The first kappa shape index (κ1) is 16.3. The minimum Gasteiger partial charge on any atom is -0.446 e. The average molecular weight is 315 g/mol. The summed E-state index contributed by atoms with van der Waals surface area (Å²) in [6, 6.07) is 16.8. The van der Waals surface area contributed by atoms with Gasteiger partial charge in [0.25, 0.3) is 0 Å². The molecule has 0 aromatic heterocycles. The SMILES string of the molecule is O=C(NCCOC(=O)N(O)c1ccccc1)Nc1ccccc1. The fraction of sp³-hybridized carbons (Fsp3) is 0.125. The Morgan fingerprint density at radius 2 is 1.61 bits per heavy atom. The number of anilines is 2. The third kappa shape index (κ3) is 5.33. The Morgan fingerprint density at radius 1 is 1.00 bits per heavy atom. The van der Waals surface area contributed by atoms with Crippen molar-refractivity contribution in [2.45, 2.75) is 0 Å². The van der Waals surface area contributed by atoms with Crippen LogP contribution in [0.25, 0.3) is 0 Å². The van der Waals surface area contributed by atoms with Crippen molar-refractivity contribution in [3.63, 3.8) is 0 Å². The van der Waals surface area contributed by atoms with Gasteiger partial charge in [-0.25, -0.2) is 9.59 Å². The minimum atomic E-state index is -0.915. The molecule has 0 spiro atoms. The monoisotopic (exact) mass is 315 g/mol. The molecule has 0 aliphatic rings. The molecule has 2 aromatic rings. The number of hydrogen-bond acceptors (Lipinski definition) is 4. The van der Waals surface area contributed by atoms with Gasteiger partial charge in [-0.2, -0.15) is 5.06 Å². The topological polar surface area (TPSA) is 90.9 Å². The average Bonchev–Trinajstić information content (AvgIpc) is 2.59. The van der Waals surface area contributed by atoms with Crippen LogP contribution in [-0.2, 0) is 4.74 Å². The maximum absolute atomic E-state index is 11.6. The molecule has 0 fully saturated rings. The van der Waals surface area contributed by atoms with Crippen molar-refractivity contribution in [1.29, 1.82) is 0 Å². The molecule has 3 N–H and O–H groups in total. The van der Waals surface area contributed by atoms with Crippen LogP contribution in [-0.4, -0.2) is 30.5 Å². The molecule has 0 bridgehead atoms. The normalized spacial score (nSPS) is 9.78. The zero-order chi connectivity index (χ0) is 16.5. The number of ether oxygens (including phenoxy) is 1. The van der Waals surface area contributed by atoms with E-state index in [9.17, 15) is 14.8 Å². The summed E-state index contributed by atoms with van der Waals surface area (Å²) >= 11 is 0. The van der Waals surface area contributed by atoms with Gasteiger partial charge in [-0.3, -0.25) is 5.21 Å². The lowest BCUT2D eigenvalue weighted by Gasteiger charge is -2.15. The number of rotatable bonds is 5. The second-order valence-electron chi connectivity index (χ2n) is 4.51. The van der Waals surface area contributed by atoms with E-state index >= 15 is 0 Å². The van der Waals surface area contributed by atoms with Gasteiger partial charge in [0, 0.05) is 5.69 Å². The number of amides is 3. The van der Waals surface area contributed by atoms with Crippen LogP contribution in [0.5, 0.6) is 0 Å². The number of benzene rings is 2. The fourth-order valence-electron chi connectivity index (χ4n) is 1.74. The standard InChI is InChI=1S/C16H17N3O4/c20-15(18-13-7-3-1-4-8-13)17-11-12-23-16(21)19(22)14-9-5-2-6-10-14/h1-10,22H,11-12H2,(H2,17,18,20). The highest BCUT2D eigenvalue weighted by molar-refractivity contribution is 5.89. The molecule has 0 unspecified atom stereocenters. The quantitative estimate of drug-likeness (QED) is 0.449. The first-order valence-electron chi connectivity index (χ1n) is 6.97. The van der Waals surface area contributed by atoms with Crippen LogP contribution in [0.3, 0.4) is 0 Å². The number of carbonyl (C=O) groups excluding carboxylic acids is 2. The summed E-state index contributed by atoms with van der Waals surface area (Å²) in [7, 11) is 0. The first-order valence-corrected chi connectivity index (χ1v) is 6.97. The molecule has 7 nitrogen and oxygen atoms in total. The van der Waals surface area contributed by atoms with Crippen molar-refractivity contribution in [2.75, 3.05) is 23.5 Å². The molecule has 0 heterocycles. The van der Waals surface area contributed by atoms with Crippen molar-refractivity contribution >= 4 is 23.5 Å². The van der Waals surface area contributed by atoms with Crippen LogP contribution in [0.2, 0.25) is 0 Å². The lowest BCUT2D eigenvalue weighted by atomic mass is 10.3. The highest BCUT2D eigenvalue weighted by Crippen LogP contribution is 2.11. The molecule has 0 aliphatic heterocycles. The first-order chi connectivity index (χ1) is 11.2. The van der Waals surface area contributed by atoms with Crippen molar-refractivity contribution in [2.24, 2.45) is 0 Å². The Morgan fingerprint density at radius 3 is 2.26 bits per heavy atom. The van der Waals surface area contributed by atoms with Crippen LogP contribution < -0.4 is 15.7 Å². The number of nitrogens with zero attached hydrogens (tertiary/aromatic N) is 1. The van der Waals surface area contributed by atoms with E-state index in [2.05, 4.69) is 10.6 Å². The van der Waals surface area contributed by atoms with Crippen LogP contribution >= 0.6 is 0 Å². The Kier molecular flexibility index (Phi) is 5.96. The number of nitrogens with one attached hydrogen (secondary N) is 2. The summed E-state index contributed by atoms with van der Waals surface area (Å²) in [5.74, 6) is 0. The molecule has 0 atom stereocenters. The second kappa shape index (κ2) is 8.40. The van der Waals surface area contributed by atoms with E-state index in [1.54, 1.807) is 54.6 Å². The molecule has 0 saturated carbocycles. The Balaban J connectivity index is 1.67. The van der Waals surface area contributed by atoms with Crippen molar-refractivity contribution in [3.05, 3.63) is 60.7 Å². The van der Waals surface area contributed by atoms with Gasteiger partial charge < -0.3 is 15.4 Å². The van der Waals surface area contributed by atoms with E-state index in [1.165, 1.54) is 0 Å². The number of hydrogen-bond donors (Lipinski definition) is 3. The van der Waals surface area contributed by atoms with Crippen LogP contribution in [0.15, 0.2) is 60.7 Å². The zero-order valence-corrected chi connectivity index (χ0v) is 12.3. The van der Waals surface area contributed by atoms with Crippen molar-refractivity contribution < 1.29 is 19.5 Å². The predicted molar refractivity (Wildman–Crippen MR) is 85.5 cm³/mol. The summed E-state index contributed by atoms with van der Waals surface area (Å²) in [6.45, 7) is 0.0535. The summed E-state index contributed by atoms with van der Waals surface area (Å²) in [5, 5.41) is 15.2. The van der Waals surface area contributed by atoms with Gasteiger partial charge in [0.2, 0.25) is 0 Å². The highest BCUT2D eigenvalue weighted by atomic mass is 16.6. The molecule has 3 amide bonds. The Bertz CT molecular complexity index is 634. The molecule has 0 radical (unpaired) electrons. The highest BCUT2D eigenvalue weighted by Gasteiger charge is 2.14. The molecule has 0 aliphatic carbocycles. The maximum Gasteiger partial charge on any atom is 0.438 e. The Labute approximate surface area is 133 Å². The van der Waals surface area contributed by atoms with Gasteiger partial charge in [-0.15, -0.1) is 0 Å². The molecule has 23 heavy (non-hydrogen) atoms. The smallest absolute Gasteiger partial charge is 0.438 e.